The molecular weight excluding hydrogens is 320 g/mol. The maximum absolute atomic E-state index is 5.26. The number of nitrogens with one attached hydrogen (secondary N) is 1. The van der Waals surface area contributed by atoms with E-state index in [1.807, 2.05) is 22.9 Å². The van der Waals surface area contributed by atoms with Gasteiger partial charge in [-0.2, -0.15) is 0 Å². The number of nitrogens with zero attached hydrogens (tertiary/aromatic N) is 3. The molecule has 1 aromatic heterocycles. The summed E-state index contributed by atoms with van der Waals surface area (Å²) in [7, 11) is 1.65. The summed E-state index contributed by atoms with van der Waals surface area (Å²) in [4.78, 5) is 0. The lowest BCUT2D eigenvalue weighted by Crippen LogP contribution is -2.20. The van der Waals surface area contributed by atoms with Crippen LogP contribution in [0, 0.1) is 5.92 Å². The smallest absolute Gasteiger partial charge is 0.121 e. The standard InChI is InChI=1S/C14H19BrN4O/c1-10(2)7-16-8-11-9-17-18-19(11)14-6-12(20-3)4-5-13(14)15/h4-6,9-10,16H,7-8H2,1-3H3. The Labute approximate surface area is 127 Å². The molecule has 1 N–H and O–H groups in total. The van der Waals surface area contributed by atoms with Gasteiger partial charge in [0.05, 0.1) is 24.7 Å². The minimum absolute atomic E-state index is 0.614. The van der Waals surface area contributed by atoms with Crippen molar-refractivity contribution in [3.8, 4) is 11.4 Å². The van der Waals surface area contributed by atoms with E-state index >= 15 is 0 Å². The number of methoxy groups -OCH3 is 1. The van der Waals surface area contributed by atoms with Gasteiger partial charge in [-0.1, -0.05) is 19.1 Å². The van der Waals surface area contributed by atoms with Crippen molar-refractivity contribution in [1.29, 1.82) is 0 Å². The van der Waals surface area contributed by atoms with Crippen LogP contribution in [0.1, 0.15) is 19.5 Å². The summed E-state index contributed by atoms with van der Waals surface area (Å²) in [5, 5.41) is 11.6. The summed E-state index contributed by atoms with van der Waals surface area (Å²) in [6, 6.07) is 5.78. The molecule has 0 spiro atoms. The van der Waals surface area contributed by atoms with Crippen molar-refractivity contribution >= 4 is 15.9 Å². The van der Waals surface area contributed by atoms with E-state index in [0.717, 1.165) is 34.7 Å². The fourth-order valence-corrected chi connectivity index (χ4v) is 2.26. The zero-order valence-electron chi connectivity index (χ0n) is 11.9. The van der Waals surface area contributed by atoms with Crippen molar-refractivity contribution in [2.45, 2.75) is 20.4 Å². The zero-order valence-corrected chi connectivity index (χ0v) is 13.5. The van der Waals surface area contributed by atoms with E-state index in [1.54, 1.807) is 13.3 Å². The molecule has 2 rings (SSSR count). The molecule has 1 heterocycles. The normalized spacial score (nSPS) is 11.1. The molecule has 0 radical (unpaired) electrons. The van der Waals surface area contributed by atoms with E-state index in [4.69, 9.17) is 4.74 Å². The predicted octanol–water partition coefficient (Wildman–Crippen LogP) is 2.78. The van der Waals surface area contributed by atoms with Crippen molar-refractivity contribution < 1.29 is 4.74 Å². The van der Waals surface area contributed by atoms with Crippen molar-refractivity contribution in [3.05, 3.63) is 34.6 Å². The van der Waals surface area contributed by atoms with E-state index < -0.39 is 0 Å². The zero-order chi connectivity index (χ0) is 14.5. The summed E-state index contributed by atoms with van der Waals surface area (Å²) in [6.45, 7) is 6.06. The average Bonchev–Trinajstić information content (AvgIpc) is 2.87. The predicted molar refractivity (Wildman–Crippen MR) is 82.2 cm³/mol. The maximum Gasteiger partial charge on any atom is 0.121 e. The van der Waals surface area contributed by atoms with E-state index in [0.29, 0.717) is 5.92 Å². The number of hydrogen-bond donors (Lipinski definition) is 1. The molecule has 0 bridgehead atoms. The first-order valence-corrected chi connectivity index (χ1v) is 7.35. The lowest BCUT2D eigenvalue weighted by Gasteiger charge is -2.11. The minimum atomic E-state index is 0.614. The highest BCUT2D eigenvalue weighted by Gasteiger charge is 2.10. The summed E-state index contributed by atoms with van der Waals surface area (Å²) in [6.07, 6.45) is 1.78. The number of hydrogen-bond acceptors (Lipinski definition) is 4. The summed E-state index contributed by atoms with van der Waals surface area (Å²) in [5.74, 6) is 1.41. The number of benzene rings is 1. The Kier molecular flexibility index (Phi) is 5.14. The molecular formula is C14H19BrN4O. The third-order valence-corrected chi connectivity index (χ3v) is 3.53. The first kappa shape index (κ1) is 15.0. The lowest BCUT2D eigenvalue weighted by atomic mass is 10.2. The van der Waals surface area contributed by atoms with Crippen molar-refractivity contribution in [2.24, 2.45) is 5.92 Å². The Morgan fingerprint density at radius 3 is 2.90 bits per heavy atom. The quantitative estimate of drug-likeness (QED) is 0.879. The van der Waals surface area contributed by atoms with E-state index in [2.05, 4.69) is 45.4 Å². The Bertz CT molecular complexity index is 568. The highest BCUT2D eigenvalue weighted by molar-refractivity contribution is 9.10. The highest BCUT2D eigenvalue weighted by atomic mass is 79.9. The molecule has 2 aromatic rings. The van der Waals surface area contributed by atoms with Gasteiger partial charge in [0, 0.05) is 17.1 Å². The van der Waals surface area contributed by atoms with Gasteiger partial charge < -0.3 is 10.1 Å². The van der Waals surface area contributed by atoms with Gasteiger partial charge in [-0.15, -0.1) is 5.10 Å². The largest absolute Gasteiger partial charge is 0.497 e. The molecule has 0 aliphatic carbocycles. The van der Waals surface area contributed by atoms with Crippen LogP contribution in [0.15, 0.2) is 28.9 Å². The van der Waals surface area contributed by atoms with Crippen LogP contribution in [0.4, 0.5) is 0 Å². The highest BCUT2D eigenvalue weighted by Crippen LogP contribution is 2.26. The maximum atomic E-state index is 5.26. The topological polar surface area (TPSA) is 52.0 Å². The van der Waals surface area contributed by atoms with Crippen LogP contribution in [0.5, 0.6) is 5.75 Å². The van der Waals surface area contributed by atoms with Crippen LogP contribution in [-0.4, -0.2) is 28.6 Å². The molecule has 1 aromatic carbocycles. The second-order valence-electron chi connectivity index (χ2n) is 4.98. The molecule has 108 valence electrons. The first-order valence-electron chi connectivity index (χ1n) is 6.56. The number of halogens is 1. The average molecular weight is 339 g/mol. The number of aromatic nitrogens is 3. The van der Waals surface area contributed by atoms with Gasteiger partial charge in [0.1, 0.15) is 5.75 Å². The van der Waals surface area contributed by atoms with Crippen LogP contribution < -0.4 is 10.1 Å². The lowest BCUT2D eigenvalue weighted by molar-refractivity contribution is 0.414. The molecule has 0 aliphatic heterocycles. The fourth-order valence-electron chi connectivity index (χ4n) is 1.85. The van der Waals surface area contributed by atoms with Gasteiger partial charge in [-0.25, -0.2) is 4.68 Å². The van der Waals surface area contributed by atoms with Crippen molar-refractivity contribution in [2.75, 3.05) is 13.7 Å². The number of rotatable bonds is 6. The van der Waals surface area contributed by atoms with Gasteiger partial charge in [0.25, 0.3) is 0 Å². The second kappa shape index (κ2) is 6.85. The van der Waals surface area contributed by atoms with Crippen molar-refractivity contribution in [1.82, 2.24) is 20.3 Å². The van der Waals surface area contributed by atoms with Crippen LogP contribution in [0.3, 0.4) is 0 Å². The molecule has 6 heteroatoms. The van der Waals surface area contributed by atoms with Gasteiger partial charge in [0.15, 0.2) is 0 Å². The van der Waals surface area contributed by atoms with E-state index in [1.165, 1.54) is 0 Å². The molecule has 5 nitrogen and oxygen atoms in total. The first-order chi connectivity index (χ1) is 9.61. The Balaban J connectivity index is 2.23. The van der Waals surface area contributed by atoms with E-state index in [-0.39, 0.29) is 0 Å². The van der Waals surface area contributed by atoms with Crippen LogP contribution >= 0.6 is 15.9 Å². The Morgan fingerprint density at radius 1 is 1.40 bits per heavy atom. The van der Waals surface area contributed by atoms with Crippen LogP contribution in [-0.2, 0) is 6.54 Å². The minimum Gasteiger partial charge on any atom is -0.497 e. The summed E-state index contributed by atoms with van der Waals surface area (Å²) < 4.78 is 8.03. The molecule has 20 heavy (non-hydrogen) atoms. The molecule has 0 aliphatic rings. The molecule has 0 amide bonds. The SMILES string of the molecule is COc1ccc(Br)c(-n2nncc2CNCC(C)C)c1. The monoisotopic (exact) mass is 338 g/mol. The van der Waals surface area contributed by atoms with Gasteiger partial charge in [-0.05, 0) is 40.5 Å². The van der Waals surface area contributed by atoms with Gasteiger partial charge in [-0.3, -0.25) is 0 Å². The molecule has 0 saturated carbocycles. The Hall–Kier alpha value is -1.40. The summed E-state index contributed by atoms with van der Waals surface area (Å²) >= 11 is 3.54. The molecule has 0 unspecified atom stereocenters. The van der Waals surface area contributed by atoms with Crippen molar-refractivity contribution in [3.63, 3.8) is 0 Å². The van der Waals surface area contributed by atoms with Gasteiger partial charge >= 0.3 is 0 Å². The van der Waals surface area contributed by atoms with Crippen LogP contribution in [0.25, 0.3) is 5.69 Å². The molecule has 0 atom stereocenters. The fraction of sp³-hybridized carbons (Fsp3) is 0.429. The third-order valence-electron chi connectivity index (χ3n) is 2.86. The molecule has 0 fully saturated rings. The summed E-state index contributed by atoms with van der Waals surface area (Å²) in [5.41, 5.74) is 1.93. The van der Waals surface area contributed by atoms with Crippen LogP contribution in [0.2, 0.25) is 0 Å². The number of ether oxygens (including phenoxy) is 1. The van der Waals surface area contributed by atoms with E-state index in [9.17, 15) is 0 Å². The second-order valence-corrected chi connectivity index (χ2v) is 5.83. The molecule has 0 saturated heterocycles. The van der Waals surface area contributed by atoms with Gasteiger partial charge in [0.2, 0.25) is 0 Å². The Morgan fingerprint density at radius 2 is 2.20 bits per heavy atom. The third kappa shape index (κ3) is 3.58.